The van der Waals surface area contributed by atoms with Crippen LogP contribution in [-0.2, 0) is 9.53 Å². The molecule has 0 fully saturated rings. The topological polar surface area (TPSA) is 68.3 Å². The highest BCUT2D eigenvalue weighted by molar-refractivity contribution is 9.10. The van der Waals surface area contributed by atoms with Crippen LogP contribution in [0, 0.1) is 0 Å². The number of carbonyl (C=O) groups is 2. The molecule has 0 unspecified atom stereocenters. The van der Waals surface area contributed by atoms with Crippen molar-refractivity contribution in [3.05, 3.63) is 93.9 Å². The summed E-state index contributed by atoms with van der Waals surface area (Å²) in [7, 11) is 0. The number of fused-ring (bicyclic) bond motifs is 1. The van der Waals surface area contributed by atoms with E-state index in [0.717, 1.165) is 10.0 Å². The highest BCUT2D eigenvalue weighted by Crippen LogP contribution is 2.26. The number of para-hydroxylation sites is 1. The van der Waals surface area contributed by atoms with Crippen molar-refractivity contribution in [2.24, 2.45) is 0 Å². The van der Waals surface area contributed by atoms with Gasteiger partial charge < -0.3 is 10.1 Å². The summed E-state index contributed by atoms with van der Waals surface area (Å²) in [5.41, 5.74) is 3.04. The van der Waals surface area contributed by atoms with E-state index < -0.39 is 18.5 Å². The average Bonchev–Trinajstić information content (AvgIpc) is 2.77. The Morgan fingerprint density at radius 1 is 0.968 bits per heavy atom. The Labute approximate surface area is 192 Å². The van der Waals surface area contributed by atoms with Crippen LogP contribution in [0.5, 0.6) is 0 Å². The summed E-state index contributed by atoms with van der Waals surface area (Å²) < 4.78 is 6.24. The average molecular weight is 496 g/mol. The van der Waals surface area contributed by atoms with Crippen LogP contribution in [0.25, 0.3) is 22.2 Å². The molecule has 3 aromatic carbocycles. The summed E-state index contributed by atoms with van der Waals surface area (Å²) in [4.78, 5) is 29.7. The summed E-state index contributed by atoms with van der Waals surface area (Å²) in [6, 6.07) is 23.4. The number of nitrogens with zero attached hydrogens (tertiary/aromatic N) is 1. The lowest BCUT2D eigenvalue weighted by molar-refractivity contribution is -0.119. The number of carbonyl (C=O) groups excluding carboxylic acids is 2. The quantitative estimate of drug-likeness (QED) is 0.339. The van der Waals surface area contributed by atoms with Gasteiger partial charge in [-0.15, -0.1) is 0 Å². The number of pyridine rings is 1. The van der Waals surface area contributed by atoms with Gasteiger partial charge >= 0.3 is 5.97 Å². The van der Waals surface area contributed by atoms with Gasteiger partial charge in [0.15, 0.2) is 6.61 Å². The molecular weight excluding hydrogens is 480 g/mol. The summed E-state index contributed by atoms with van der Waals surface area (Å²) in [6.07, 6.45) is 0. The predicted molar refractivity (Wildman–Crippen MR) is 125 cm³/mol. The first kappa shape index (κ1) is 21.0. The maximum Gasteiger partial charge on any atom is 0.339 e. The van der Waals surface area contributed by atoms with Crippen molar-refractivity contribution < 1.29 is 14.3 Å². The van der Waals surface area contributed by atoms with Gasteiger partial charge in [0.05, 0.1) is 16.8 Å². The fourth-order valence-electron chi connectivity index (χ4n) is 3.08. The number of benzene rings is 3. The maximum atomic E-state index is 12.8. The summed E-state index contributed by atoms with van der Waals surface area (Å²) in [5, 5.41) is 3.81. The molecule has 0 aliphatic heterocycles. The van der Waals surface area contributed by atoms with Gasteiger partial charge in [0.2, 0.25) is 0 Å². The molecule has 1 aromatic heterocycles. The third-order valence-corrected chi connectivity index (χ3v) is 5.28. The summed E-state index contributed by atoms with van der Waals surface area (Å²) in [6.45, 7) is -0.421. The smallest absolute Gasteiger partial charge is 0.339 e. The molecule has 0 saturated carbocycles. The van der Waals surface area contributed by atoms with Gasteiger partial charge in [0, 0.05) is 26.1 Å². The van der Waals surface area contributed by atoms with Gasteiger partial charge in [-0.1, -0.05) is 63.9 Å². The number of esters is 1. The largest absolute Gasteiger partial charge is 0.452 e. The molecule has 4 rings (SSSR count). The molecule has 0 aliphatic rings. The van der Waals surface area contributed by atoms with E-state index in [1.165, 1.54) is 0 Å². The van der Waals surface area contributed by atoms with E-state index in [-0.39, 0.29) is 0 Å². The van der Waals surface area contributed by atoms with Crippen molar-refractivity contribution in [2.75, 3.05) is 11.9 Å². The van der Waals surface area contributed by atoms with E-state index in [1.807, 2.05) is 42.5 Å². The second-order valence-corrected chi connectivity index (χ2v) is 8.07. The minimum absolute atomic E-state index is 0.346. The van der Waals surface area contributed by atoms with Crippen molar-refractivity contribution in [1.82, 2.24) is 4.98 Å². The van der Waals surface area contributed by atoms with E-state index >= 15 is 0 Å². The number of hydrogen-bond donors (Lipinski definition) is 1. The van der Waals surface area contributed by atoms with Crippen LogP contribution < -0.4 is 5.32 Å². The molecule has 4 aromatic rings. The number of anilines is 1. The zero-order valence-electron chi connectivity index (χ0n) is 16.1. The number of aromatic nitrogens is 1. The number of hydrogen-bond acceptors (Lipinski definition) is 4. The normalized spacial score (nSPS) is 10.6. The molecule has 0 aliphatic carbocycles. The van der Waals surface area contributed by atoms with Crippen molar-refractivity contribution in [3.8, 4) is 11.3 Å². The molecule has 1 amide bonds. The highest BCUT2D eigenvalue weighted by Gasteiger charge is 2.16. The van der Waals surface area contributed by atoms with Gasteiger partial charge in [-0.2, -0.15) is 0 Å². The highest BCUT2D eigenvalue weighted by atomic mass is 79.9. The minimum atomic E-state index is -0.599. The molecule has 154 valence electrons. The van der Waals surface area contributed by atoms with Crippen LogP contribution in [-0.4, -0.2) is 23.5 Å². The van der Waals surface area contributed by atoms with Gasteiger partial charge in [-0.3, -0.25) is 4.79 Å². The Bertz CT molecular complexity index is 1280. The van der Waals surface area contributed by atoms with E-state index in [4.69, 9.17) is 16.3 Å². The van der Waals surface area contributed by atoms with Gasteiger partial charge in [-0.25, -0.2) is 9.78 Å². The molecule has 31 heavy (non-hydrogen) atoms. The first-order valence-corrected chi connectivity index (χ1v) is 10.5. The molecule has 0 radical (unpaired) electrons. The molecule has 0 spiro atoms. The van der Waals surface area contributed by atoms with Gasteiger partial charge in [0.1, 0.15) is 0 Å². The third kappa shape index (κ3) is 5.10. The lowest BCUT2D eigenvalue weighted by Crippen LogP contribution is -2.21. The number of rotatable bonds is 5. The van der Waals surface area contributed by atoms with E-state index in [9.17, 15) is 9.59 Å². The fourth-order valence-corrected chi connectivity index (χ4v) is 3.54. The first-order chi connectivity index (χ1) is 15.0. The maximum absolute atomic E-state index is 12.8. The van der Waals surface area contributed by atoms with E-state index in [2.05, 4.69) is 26.2 Å². The molecular formula is C24H16BrClN2O3. The van der Waals surface area contributed by atoms with Crippen molar-refractivity contribution in [1.29, 1.82) is 0 Å². The Morgan fingerprint density at radius 2 is 1.74 bits per heavy atom. The molecule has 0 bridgehead atoms. The van der Waals surface area contributed by atoms with E-state index in [1.54, 1.807) is 36.4 Å². The van der Waals surface area contributed by atoms with Crippen LogP contribution >= 0.6 is 27.5 Å². The fraction of sp³-hybridized carbons (Fsp3) is 0.0417. The second kappa shape index (κ2) is 9.29. The second-order valence-electron chi connectivity index (χ2n) is 6.71. The monoisotopic (exact) mass is 494 g/mol. The van der Waals surface area contributed by atoms with Crippen molar-refractivity contribution in [2.45, 2.75) is 0 Å². The number of nitrogens with one attached hydrogen (secondary N) is 1. The molecule has 1 heterocycles. The van der Waals surface area contributed by atoms with Crippen LogP contribution in [0.1, 0.15) is 10.4 Å². The molecule has 5 nitrogen and oxygen atoms in total. The number of ether oxygens (including phenoxy) is 1. The van der Waals surface area contributed by atoms with Crippen LogP contribution in [0.2, 0.25) is 5.02 Å². The predicted octanol–water partition coefficient (Wildman–Crippen LogP) is 6.11. The lowest BCUT2D eigenvalue weighted by atomic mass is 10.0. The molecule has 7 heteroatoms. The zero-order chi connectivity index (χ0) is 21.8. The number of halogens is 2. The lowest BCUT2D eigenvalue weighted by Gasteiger charge is -2.11. The van der Waals surface area contributed by atoms with Crippen molar-refractivity contribution >= 4 is 56.0 Å². The van der Waals surface area contributed by atoms with Gasteiger partial charge in [0.25, 0.3) is 5.91 Å². The van der Waals surface area contributed by atoms with Crippen LogP contribution in [0.15, 0.2) is 83.3 Å². The molecule has 1 N–H and O–H groups in total. The Hall–Kier alpha value is -3.22. The van der Waals surface area contributed by atoms with Crippen LogP contribution in [0.3, 0.4) is 0 Å². The number of amides is 1. The SMILES string of the molecule is O=C(COC(=O)c1cc(-c2ccc(Br)cc2)nc2ccccc12)Nc1cccc(Cl)c1. The van der Waals surface area contributed by atoms with Gasteiger partial charge in [-0.05, 0) is 42.5 Å². The zero-order valence-corrected chi connectivity index (χ0v) is 18.5. The third-order valence-electron chi connectivity index (χ3n) is 4.52. The van der Waals surface area contributed by atoms with E-state index in [0.29, 0.717) is 32.9 Å². The van der Waals surface area contributed by atoms with Crippen molar-refractivity contribution in [3.63, 3.8) is 0 Å². The first-order valence-electron chi connectivity index (χ1n) is 9.38. The summed E-state index contributed by atoms with van der Waals surface area (Å²) in [5.74, 6) is -1.06. The Balaban J connectivity index is 1.56. The molecule has 0 saturated heterocycles. The Morgan fingerprint density at radius 3 is 2.52 bits per heavy atom. The van der Waals surface area contributed by atoms with Crippen LogP contribution in [0.4, 0.5) is 5.69 Å². The standard InChI is InChI=1S/C24H16BrClN2O3/c25-16-10-8-15(9-11-16)22-13-20(19-6-1-2-7-21(19)28-22)24(30)31-14-23(29)27-18-5-3-4-17(26)12-18/h1-13H,14H2,(H,27,29). The molecule has 0 atom stereocenters. The minimum Gasteiger partial charge on any atom is -0.452 e. The Kier molecular flexibility index (Phi) is 6.30. The summed E-state index contributed by atoms with van der Waals surface area (Å²) >= 11 is 9.34.